The molecule has 4 rings (SSSR count). The van der Waals surface area contributed by atoms with Gasteiger partial charge >= 0.3 is 0 Å². The standard InChI is InChI=1S/C20H19N3OS/c1-24-18-10-6-5-9-15(18)17-13-25-20-22-19(14-7-3-2-4-8-14)16(11-12-21)23(17)20/h2-10,13H,11-12,21H2,1H3. The van der Waals surface area contributed by atoms with Gasteiger partial charge in [-0.25, -0.2) is 4.98 Å². The van der Waals surface area contributed by atoms with Gasteiger partial charge in [-0.3, -0.25) is 4.40 Å². The Hall–Kier alpha value is -2.63. The molecule has 2 aromatic carbocycles. The Bertz CT molecular complexity index is 1000. The fourth-order valence-corrected chi connectivity index (χ4v) is 4.06. The fourth-order valence-electron chi connectivity index (χ4n) is 3.15. The van der Waals surface area contributed by atoms with Gasteiger partial charge in [0.1, 0.15) is 5.75 Å². The first-order chi connectivity index (χ1) is 12.3. The number of hydrogen-bond acceptors (Lipinski definition) is 4. The van der Waals surface area contributed by atoms with Gasteiger partial charge in [0.05, 0.1) is 24.2 Å². The van der Waals surface area contributed by atoms with Crippen molar-refractivity contribution in [1.29, 1.82) is 0 Å². The number of rotatable bonds is 5. The molecule has 0 saturated heterocycles. The van der Waals surface area contributed by atoms with Crippen molar-refractivity contribution in [2.75, 3.05) is 13.7 Å². The topological polar surface area (TPSA) is 52.5 Å². The first-order valence-electron chi connectivity index (χ1n) is 8.21. The average molecular weight is 349 g/mol. The summed E-state index contributed by atoms with van der Waals surface area (Å²) < 4.78 is 7.78. The van der Waals surface area contributed by atoms with Gasteiger partial charge in [0.2, 0.25) is 0 Å². The summed E-state index contributed by atoms with van der Waals surface area (Å²) in [7, 11) is 1.70. The molecule has 0 spiro atoms. The summed E-state index contributed by atoms with van der Waals surface area (Å²) in [6, 6.07) is 18.3. The SMILES string of the molecule is COc1ccccc1-c1csc2nc(-c3ccccc3)c(CCN)n12. The highest BCUT2D eigenvalue weighted by Crippen LogP contribution is 2.36. The third-order valence-electron chi connectivity index (χ3n) is 4.27. The summed E-state index contributed by atoms with van der Waals surface area (Å²) >= 11 is 1.64. The maximum Gasteiger partial charge on any atom is 0.194 e. The minimum Gasteiger partial charge on any atom is -0.496 e. The molecule has 2 N–H and O–H groups in total. The maximum atomic E-state index is 5.91. The number of methoxy groups -OCH3 is 1. The van der Waals surface area contributed by atoms with E-state index in [9.17, 15) is 0 Å². The molecular formula is C20H19N3OS. The highest BCUT2D eigenvalue weighted by Gasteiger charge is 2.19. The minimum atomic E-state index is 0.578. The minimum absolute atomic E-state index is 0.578. The summed E-state index contributed by atoms with van der Waals surface area (Å²) in [5.74, 6) is 0.857. The van der Waals surface area contributed by atoms with Gasteiger partial charge in [-0.1, -0.05) is 42.5 Å². The maximum absolute atomic E-state index is 5.91. The van der Waals surface area contributed by atoms with E-state index in [4.69, 9.17) is 15.5 Å². The van der Waals surface area contributed by atoms with Crippen LogP contribution in [0.25, 0.3) is 27.5 Å². The molecule has 0 atom stereocenters. The molecule has 0 radical (unpaired) electrons. The third-order valence-corrected chi connectivity index (χ3v) is 5.10. The first-order valence-corrected chi connectivity index (χ1v) is 9.09. The monoisotopic (exact) mass is 349 g/mol. The molecule has 0 fully saturated rings. The van der Waals surface area contributed by atoms with Gasteiger partial charge < -0.3 is 10.5 Å². The van der Waals surface area contributed by atoms with Crippen molar-refractivity contribution in [3.8, 4) is 28.3 Å². The van der Waals surface area contributed by atoms with Crippen molar-refractivity contribution in [3.63, 3.8) is 0 Å². The average Bonchev–Trinajstić information content (AvgIpc) is 3.23. The van der Waals surface area contributed by atoms with Crippen LogP contribution in [0.15, 0.2) is 60.0 Å². The number of benzene rings is 2. The quantitative estimate of drug-likeness (QED) is 0.586. The number of fused-ring (bicyclic) bond motifs is 1. The second-order valence-corrected chi connectivity index (χ2v) is 6.59. The van der Waals surface area contributed by atoms with Crippen LogP contribution < -0.4 is 10.5 Å². The molecule has 0 saturated carbocycles. The van der Waals surface area contributed by atoms with Crippen LogP contribution in [0.5, 0.6) is 5.75 Å². The van der Waals surface area contributed by atoms with Crippen LogP contribution in [0, 0.1) is 0 Å². The van der Waals surface area contributed by atoms with Gasteiger partial charge in [-0.15, -0.1) is 11.3 Å². The molecular weight excluding hydrogens is 330 g/mol. The second-order valence-electron chi connectivity index (χ2n) is 5.75. The Balaban J connectivity index is 1.98. The van der Waals surface area contributed by atoms with Crippen LogP contribution in [0.2, 0.25) is 0 Å². The second kappa shape index (κ2) is 6.70. The smallest absolute Gasteiger partial charge is 0.194 e. The summed E-state index contributed by atoms with van der Waals surface area (Å²) in [6.45, 7) is 0.578. The molecule has 0 aliphatic carbocycles. The number of para-hydroxylation sites is 1. The van der Waals surface area contributed by atoms with E-state index in [1.165, 1.54) is 0 Å². The first kappa shape index (κ1) is 15.9. The Morgan fingerprint density at radius 3 is 2.60 bits per heavy atom. The van der Waals surface area contributed by atoms with Crippen LogP contribution in [0.4, 0.5) is 0 Å². The lowest BCUT2D eigenvalue weighted by Crippen LogP contribution is -2.06. The summed E-state index contributed by atoms with van der Waals surface area (Å²) in [4.78, 5) is 5.86. The van der Waals surface area contributed by atoms with Crippen molar-refractivity contribution in [2.45, 2.75) is 6.42 Å². The van der Waals surface area contributed by atoms with Crippen LogP contribution in [0.3, 0.4) is 0 Å². The number of hydrogen-bond donors (Lipinski definition) is 1. The van der Waals surface area contributed by atoms with Crippen LogP contribution in [-0.2, 0) is 6.42 Å². The Labute approximate surface area is 150 Å². The van der Waals surface area contributed by atoms with Crippen molar-refractivity contribution in [1.82, 2.24) is 9.38 Å². The molecule has 4 aromatic rings. The molecule has 25 heavy (non-hydrogen) atoms. The zero-order valence-electron chi connectivity index (χ0n) is 14.0. The number of nitrogens with zero attached hydrogens (tertiary/aromatic N) is 2. The molecule has 2 heterocycles. The van der Waals surface area contributed by atoms with Crippen LogP contribution in [0.1, 0.15) is 5.69 Å². The highest BCUT2D eigenvalue weighted by molar-refractivity contribution is 7.15. The molecule has 2 aromatic heterocycles. The predicted molar refractivity (Wildman–Crippen MR) is 103 cm³/mol. The lowest BCUT2D eigenvalue weighted by Gasteiger charge is -2.10. The van der Waals surface area contributed by atoms with E-state index in [-0.39, 0.29) is 0 Å². The van der Waals surface area contributed by atoms with Gasteiger partial charge in [-0.05, 0) is 18.7 Å². The molecule has 0 bridgehead atoms. The molecule has 0 unspecified atom stereocenters. The predicted octanol–water partition coefficient (Wildman–Crippen LogP) is 4.24. The number of nitrogens with two attached hydrogens (primary N) is 1. The summed E-state index contributed by atoms with van der Waals surface area (Å²) in [6.07, 6.45) is 0.768. The highest BCUT2D eigenvalue weighted by atomic mass is 32.1. The van der Waals surface area contributed by atoms with Crippen LogP contribution in [-0.4, -0.2) is 23.0 Å². The number of ether oxygens (including phenoxy) is 1. The van der Waals surface area contributed by atoms with E-state index < -0.39 is 0 Å². The largest absolute Gasteiger partial charge is 0.496 e. The molecule has 0 amide bonds. The summed E-state index contributed by atoms with van der Waals surface area (Å²) in [5, 5.41) is 2.13. The zero-order chi connectivity index (χ0) is 17.2. The van der Waals surface area contributed by atoms with E-state index in [0.29, 0.717) is 6.54 Å². The van der Waals surface area contributed by atoms with Gasteiger partial charge in [-0.2, -0.15) is 0 Å². The zero-order valence-corrected chi connectivity index (χ0v) is 14.8. The van der Waals surface area contributed by atoms with Crippen LogP contribution >= 0.6 is 11.3 Å². The molecule has 5 heteroatoms. The molecule has 126 valence electrons. The number of thiazole rings is 1. The summed E-state index contributed by atoms with van der Waals surface area (Å²) in [5.41, 5.74) is 11.3. The fraction of sp³-hybridized carbons (Fsp3) is 0.150. The Morgan fingerprint density at radius 1 is 1.08 bits per heavy atom. The lowest BCUT2D eigenvalue weighted by atomic mass is 10.1. The van der Waals surface area contributed by atoms with E-state index in [0.717, 1.165) is 45.3 Å². The van der Waals surface area contributed by atoms with Crippen molar-refractivity contribution < 1.29 is 4.74 Å². The normalized spacial score (nSPS) is 11.1. The number of aromatic nitrogens is 2. The van der Waals surface area contributed by atoms with Crippen molar-refractivity contribution >= 4 is 16.3 Å². The Morgan fingerprint density at radius 2 is 1.84 bits per heavy atom. The van der Waals surface area contributed by atoms with Crippen molar-refractivity contribution in [2.24, 2.45) is 5.73 Å². The van der Waals surface area contributed by atoms with E-state index in [1.807, 2.05) is 36.4 Å². The van der Waals surface area contributed by atoms with Gasteiger partial charge in [0.25, 0.3) is 0 Å². The van der Waals surface area contributed by atoms with E-state index in [1.54, 1.807) is 18.4 Å². The third kappa shape index (κ3) is 2.71. The van der Waals surface area contributed by atoms with E-state index in [2.05, 4.69) is 28.0 Å². The molecule has 4 nitrogen and oxygen atoms in total. The van der Waals surface area contributed by atoms with Gasteiger partial charge in [0.15, 0.2) is 4.96 Å². The lowest BCUT2D eigenvalue weighted by molar-refractivity contribution is 0.416. The van der Waals surface area contributed by atoms with Gasteiger partial charge in [0, 0.05) is 22.9 Å². The van der Waals surface area contributed by atoms with Crippen molar-refractivity contribution in [3.05, 3.63) is 65.7 Å². The molecule has 0 aliphatic heterocycles. The Kier molecular flexibility index (Phi) is 4.26. The number of imidazole rings is 1. The van der Waals surface area contributed by atoms with E-state index >= 15 is 0 Å². The molecule has 0 aliphatic rings.